The molecule has 4 rings (SSSR count). The molecule has 0 aliphatic carbocycles. The monoisotopic (exact) mass is 440 g/mol. The van der Waals surface area contributed by atoms with E-state index in [0.717, 1.165) is 22.4 Å². The summed E-state index contributed by atoms with van der Waals surface area (Å²) in [4.78, 5) is 30.5. The van der Waals surface area contributed by atoms with E-state index in [1.165, 1.54) is 0 Å². The van der Waals surface area contributed by atoms with Crippen molar-refractivity contribution in [3.05, 3.63) is 88.6 Å². The summed E-state index contributed by atoms with van der Waals surface area (Å²) in [6, 6.07) is 16.2. The first kappa shape index (κ1) is 22.1. The van der Waals surface area contributed by atoms with E-state index in [4.69, 9.17) is 9.84 Å². The molecule has 3 aromatic rings. The molecule has 1 aliphatic rings. The number of ketones is 1. The van der Waals surface area contributed by atoms with Gasteiger partial charge in [-0.3, -0.25) is 4.79 Å². The van der Waals surface area contributed by atoms with Gasteiger partial charge in [-0.05, 0) is 53.9 Å². The molecule has 6 heteroatoms. The Kier molecular flexibility index (Phi) is 6.41. The zero-order valence-electron chi connectivity index (χ0n) is 18.5. The molecule has 0 bridgehead atoms. The normalized spacial score (nSPS) is 14.8. The largest absolute Gasteiger partial charge is 0.481 e. The van der Waals surface area contributed by atoms with E-state index in [9.17, 15) is 9.59 Å². The highest BCUT2D eigenvalue weighted by Gasteiger charge is 2.30. The van der Waals surface area contributed by atoms with E-state index >= 15 is 0 Å². The van der Waals surface area contributed by atoms with Crippen LogP contribution in [0.1, 0.15) is 37.4 Å². The van der Waals surface area contributed by atoms with Crippen molar-refractivity contribution >= 4 is 17.4 Å². The number of fused-ring (bicyclic) bond motifs is 1. The van der Waals surface area contributed by atoms with Gasteiger partial charge in [0.25, 0.3) is 0 Å². The lowest BCUT2D eigenvalue weighted by Gasteiger charge is -2.32. The first-order chi connectivity index (χ1) is 15.9. The van der Waals surface area contributed by atoms with E-state index in [1.54, 1.807) is 37.6 Å². The molecule has 2 aromatic carbocycles. The molecule has 6 nitrogen and oxygen atoms in total. The van der Waals surface area contributed by atoms with Crippen molar-refractivity contribution in [2.45, 2.75) is 12.8 Å². The fourth-order valence-corrected chi connectivity index (χ4v) is 4.02. The Hall–Kier alpha value is -4.11. The van der Waals surface area contributed by atoms with Crippen LogP contribution >= 0.6 is 0 Å². The topological polar surface area (TPSA) is 79.7 Å². The third-order valence-electron chi connectivity index (χ3n) is 5.75. The van der Waals surface area contributed by atoms with E-state index in [1.807, 2.05) is 37.4 Å². The maximum absolute atomic E-state index is 13.3. The van der Waals surface area contributed by atoms with E-state index < -0.39 is 5.97 Å². The molecule has 0 saturated carbocycles. The average Bonchev–Trinajstić information content (AvgIpc) is 2.83. The first-order valence-electron chi connectivity index (χ1n) is 10.6. The number of anilines is 1. The minimum atomic E-state index is -0.958. The molecule has 0 spiro atoms. The van der Waals surface area contributed by atoms with Crippen molar-refractivity contribution in [3.63, 3.8) is 0 Å². The number of carboxylic acid groups (broad SMARTS) is 1. The number of aromatic nitrogens is 1. The molecule has 1 N–H and O–H groups in total. The van der Waals surface area contributed by atoms with Gasteiger partial charge in [-0.2, -0.15) is 0 Å². The predicted molar refractivity (Wildman–Crippen MR) is 126 cm³/mol. The standard InChI is InChI=1S/C27H24N2O4/c1-29-17-22(14-20-6-9-21(10-7-20)27(31)32)26(30)23-15-18(8-11-24(23)29)4-3-5-19-12-13-28-25(16-19)33-2/h6-13,15-16,22H,5,14,17H2,1-2H3,(H,31,32). The maximum atomic E-state index is 13.3. The molecule has 2 heterocycles. The third kappa shape index (κ3) is 5.04. The van der Waals surface area contributed by atoms with Crippen LogP contribution in [0.4, 0.5) is 5.69 Å². The molecule has 0 amide bonds. The number of nitrogens with zero attached hydrogens (tertiary/aromatic N) is 2. The molecule has 166 valence electrons. The number of rotatable bonds is 5. The fourth-order valence-electron chi connectivity index (χ4n) is 4.02. The summed E-state index contributed by atoms with van der Waals surface area (Å²) in [6.45, 7) is 0.613. The smallest absolute Gasteiger partial charge is 0.335 e. The fraction of sp³-hybridized carbons (Fsp3) is 0.222. The molecule has 0 saturated heterocycles. The summed E-state index contributed by atoms with van der Waals surface area (Å²) in [5.74, 6) is 5.81. The second-order valence-corrected chi connectivity index (χ2v) is 8.06. The van der Waals surface area contributed by atoms with E-state index in [-0.39, 0.29) is 17.3 Å². The van der Waals surface area contributed by atoms with E-state index in [0.29, 0.717) is 30.8 Å². The molecule has 1 aliphatic heterocycles. The summed E-state index contributed by atoms with van der Waals surface area (Å²) < 4.78 is 5.14. The van der Waals surface area contributed by atoms with Crippen molar-refractivity contribution in [1.29, 1.82) is 0 Å². The van der Waals surface area contributed by atoms with Crippen LogP contribution in [-0.2, 0) is 12.8 Å². The molecule has 0 radical (unpaired) electrons. The lowest BCUT2D eigenvalue weighted by atomic mass is 9.86. The average molecular weight is 440 g/mol. The number of hydrogen-bond donors (Lipinski definition) is 1. The van der Waals surface area contributed by atoms with Gasteiger partial charge in [0, 0.05) is 55.0 Å². The minimum absolute atomic E-state index is 0.0907. The number of carbonyl (C=O) groups is 2. The van der Waals surface area contributed by atoms with Gasteiger partial charge in [-0.15, -0.1) is 0 Å². The van der Waals surface area contributed by atoms with Gasteiger partial charge in [0.2, 0.25) is 5.88 Å². The SMILES string of the molecule is COc1cc(CC#Cc2ccc3c(c2)C(=O)C(Cc2ccc(C(=O)O)cc2)CN3C)ccn1. The van der Waals surface area contributed by atoms with Crippen LogP contribution < -0.4 is 9.64 Å². The highest BCUT2D eigenvalue weighted by atomic mass is 16.5. The Labute approximate surface area is 192 Å². The first-order valence-corrected chi connectivity index (χ1v) is 10.6. The molecular weight excluding hydrogens is 416 g/mol. The second kappa shape index (κ2) is 9.58. The third-order valence-corrected chi connectivity index (χ3v) is 5.75. The molecule has 1 unspecified atom stereocenters. The number of pyridine rings is 1. The number of benzene rings is 2. The zero-order valence-corrected chi connectivity index (χ0v) is 18.5. The quantitative estimate of drug-likeness (QED) is 0.607. The highest BCUT2D eigenvalue weighted by molar-refractivity contribution is 6.05. The predicted octanol–water partition coefficient (Wildman–Crippen LogP) is 3.87. The van der Waals surface area contributed by atoms with Crippen LogP contribution in [0, 0.1) is 17.8 Å². The van der Waals surface area contributed by atoms with Gasteiger partial charge in [-0.1, -0.05) is 24.0 Å². The summed E-state index contributed by atoms with van der Waals surface area (Å²) >= 11 is 0. The summed E-state index contributed by atoms with van der Waals surface area (Å²) in [6.07, 6.45) is 2.81. The number of carbonyl (C=O) groups excluding carboxylic acids is 1. The van der Waals surface area contributed by atoms with Crippen molar-refractivity contribution in [1.82, 2.24) is 4.98 Å². The van der Waals surface area contributed by atoms with Crippen LogP contribution in [-0.4, -0.2) is 42.5 Å². The molecule has 1 atom stereocenters. The van der Waals surface area contributed by atoms with Crippen molar-refractivity contribution < 1.29 is 19.4 Å². The van der Waals surface area contributed by atoms with Gasteiger partial charge in [0.1, 0.15) is 0 Å². The van der Waals surface area contributed by atoms with Gasteiger partial charge < -0.3 is 14.7 Å². The number of carboxylic acids is 1. The minimum Gasteiger partial charge on any atom is -0.481 e. The van der Waals surface area contributed by atoms with Gasteiger partial charge in [0.15, 0.2) is 5.78 Å². The Balaban J connectivity index is 1.51. The summed E-state index contributed by atoms with van der Waals surface area (Å²) in [5, 5.41) is 9.08. The van der Waals surface area contributed by atoms with E-state index in [2.05, 4.69) is 21.7 Å². The lowest BCUT2D eigenvalue weighted by molar-refractivity contribution is 0.0696. The van der Waals surface area contributed by atoms with Crippen LogP contribution in [0.2, 0.25) is 0 Å². The zero-order chi connectivity index (χ0) is 23.4. The van der Waals surface area contributed by atoms with Crippen molar-refractivity contribution in [3.8, 4) is 17.7 Å². The van der Waals surface area contributed by atoms with Gasteiger partial charge in [-0.25, -0.2) is 9.78 Å². The Morgan fingerprint density at radius 2 is 1.94 bits per heavy atom. The van der Waals surface area contributed by atoms with Crippen molar-refractivity contribution in [2.75, 3.05) is 25.6 Å². The summed E-state index contributed by atoms with van der Waals surface area (Å²) in [7, 11) is 3.56. The van der Waals surface area contributed by atoms with Crippen molar-refractivity contribution in [2.24, 2.45) is 5.92 Å². The van der Waals surface area contributed by atoms with Crippen LogP contribution in [0.15, 0.2) is 60.8 Å². The lowest BCUT2D eigenvalue weighted by Crippen LogP contribution is -2.37. The Morgan fingerprint density at radius 3 is 2.67 bits per heavy atom. The van der Waals surface area contributed by atoms with Crippen LogP contribution in [0.3, 0.4) is 0 Å². The second-order valence-electron chi connectivity index (χ2n) is 8.06. The summed E-state index contributed by atoms with van der Waals surface area (Å²) in [5.41, 5.74) is 4.57. The van der Waals surface area contributed by atoms with Crippen LogP contribution in [0.25, 0.3) is 0 Å². The highest BCUT2D eigenvalue weighted by Crippen LogP contribution is 2.31. The van der Waals surface area contributed by atoms with Gasteiger partial charge in [0.05, 0.1) is 12.7 Å². The number of aromatic carboxylic acids is 1. The van der Waals surface area contributed by atoms with Crippen LogP contribution in [0.5, 0.6) is 5.88 Å². The Bertz CT molecular complexity index is 1260. The van der Waals surface area contributed by atoms with Gasteiger partial charge >= 0.3 is 5.97 Å². The number of hydrogen-bond acceptors (Lipinski definition) is 5. The molecule has 1 aromatic heterocycles. The Morgan fingerprint density at radius 1 is 1.15 bits per heavy atom. The number of ether oxygens (including phenoxy) is 1. The number of methoxy groups -OCH3 is 1. The number of Topliss-reactive ketones (excluding diaryl/α,β-unsaturated/α-hetero) is 1. The maximum Gasteiger partial charge on any atom is 0.335 e. The molecule has 0 fully saturated rings. The molecular formula is C27H24N2O4. The molecule has 33 heavy (non-hydrogen) atoms.